The molecule has 0 radical (unpaired) electrons. The lowest BCUT2D eigenvalue weighted by Crippen LogP contribution is -2.05. The standard InChI is InChI=1S/C16H10ClF2NO/c17-10-2-4-15-12(6-10)13(8-20-15)16(21)5-9-1-3-11(18)7-14(9)19/h1-4,6-8,20H,5H2. The maximum absolute atomic E-state index is 13.6. The van der Waals surface area contributed by atoms with Crippen molar-refractivity contribution in [2.75, 3.05) is 0 Å². The molecule has 2 nitrogen and oxygen atoms in total. The van der Waals surface area contributed by atoms with Crippen molar-refractivity contribution in [2.45, 2.75) is 6.42 Å². The largest absolute Gasteiger partial charge is 0.360 e. The molecule has 0 aliphatic heterocycles. The summed E-state index contributed by atoms with van der Waals surface area (Å²) >= 11 is 5.93. The molecule has 0 fully saturated rings. The van der Waals surface area contributed by atoms with Crippen molar-refractivity contribution in [3.05, 3.63) is 70.4 Å². The van der Waals surface area contributed by atoms with Crippen LogP contribution in [0.4, 0.5) is 8.78 Å². The number of hydrogen-bond acceptors (Lipinski definition) is 1. The van der Waals surface area contributed by atoms with Gasteiger partial charge >= 0.3 is 0 Å². The van der Waals surface area contributed by atoms with Crippen molar-refractivity contribution in [3.63, 3.8) is 0 Å². The first-order valence-electron chi connectivity index (χ1n) is 6.28. The number of aromatic amines is 1. The fourth-order valence-electron chi connectivity index (χ4n) is 2.26. The van der Waals surface area contributed by atoms with E-state index < -0.39 is 11.6 Å². The van der Waals surface area contributed by atoms with Gasteiger partial charge in [0, 0.05) is 40.2 Å². The summed E-state index contributed by atoms with van der Waals surface area (Å²) in [5.74, 6) is -1.64. The number of benzene rings is 2. The average Bonchev–Trinajstić information content (AvgIpc) is 2.85. The van der Waals surface area contributed by atoms with Crippen LogP contribution < -0.4 is 0 Å². The number of hydrogen-bond donors (Lipinski definition) is 1. The van der Waals surface area contributed by atoms with E-state index >= 15 is 0 Å². The number of fused-ring (bicyclic) bond motifs is 1. The van der Waals surface area contributed by atoms with Gasteiger partial charge in [-0.2, -0.15) is 0 Å². The van der Waals surface area contributed by atoms with Gasteiger partial charge in [0.25, 0.3) is 0 Å². The number of halogens is 3. The summed E-state index contributed by atoms with van der Waals surface area (Å²) in [5, 5.41) is 1.21. The molecule has 1 aromatic heterocycles. The fourth-order valence-corrected chi connectivity index (χ4v) is 2.43. The maximum atomic E-state index is 13.6. The lowest BCUT2D eigenvalue weighted by molar-refractivity contribution is 0.0993. The molecular formula is C16H10ClF2NO. The van der Waals surface area contributed by atoms with Crippen molar-refractivity contribution in [2.24, 2.45) is 0 Å². The van der Waals surface area contributed by atoms with Gasteiger partial charge in [0.1, 0.15) is 11.6 Å². The van der Waals surface area contributed by atoms with Crippen LogP contribution in [-0.2, 0) is 6.42 Å². The van der Waals surface area contributed by atoms with E-state index in [1.165, 1.54) is 6.07 Å². The second-order valence-electron chi connectivity index (χ2n) is 4.73. The zero-order valence-electron chi connectivity index (χ0n) is 10.8. The van der Waals surface area contributed by atoms with E-state index in [4.69, 9.17) is 11.6 Å². The summed E-state index contributed by atoms with van der Waals surface area (Å²) in [6.45, 7) is 0. The lowest BCUT2D eigenvalue weighted by Gasteiger charge is -2.03. The van der Waals surface area contributed by atoms with E-state index in [0.717, 1.165) is 17.6 Å². The molecule has 3 aromatic rings. The Bertz CT molecular complexity index is 841. The van der Waals surface area contributed by atoms with Gasteiger partial charge in [0.2, 0.25) is 0 Å². The topological polar surface area (TPSA) is 32.9 Å². The molecule has 0 saturated heterocycles. The third-order valence-electron chi connectivity index (χ3n) is 3.31. The van der Waals surface area contributed by atoms with Crippen LogP contribution in [0.15, 0.2) is 42.6 Å². The predicted octanol–water partition coefficient (Wildman–Crippen LogP) is 4.52. The van der Waals surface area contributed by atoms with Crippen LogP contribution in [0.3, 0.4) is 0 Å². The highest BCUT2D eigenvalue weighted by atomic mass is 35.5. The summed E-state index contributed by atoms with van der Waals surface area (Å²) in [7, 11) is 0. The molecule has 5 heteroatoms. The van der Waals surface area contributed by atoms with Crippen molar-refractivity contribution in [1.29, 1.82) is 0 Å². The molecule has 0 unspecified atom stereocenters. The number of ketones is 1. The van der Waals surface area contributed by atoms with Gasteiger partial charge in [-0.25, -0.2) is 8.78 Å². The van der Waals surface area contributed by atoms with Crippen molar-refractivity contribution < 1.29 is 13.6 Å². The number of H-pyrrole nitrogens is 1. The van der Waals surface area contributed by atoms with Gasteiger partial charge in [-0.15, -0.1) is 0 Å². The Morgan fingerprint density at radius 2 is 1.95 bits per heavy atom. The first kappa shape index (κ1) is 13.8. The Kier molecular flexibility index (Phi) is 3.47. The predicted molar refractivity (Wildman–Crippen MR) is 77.7 cm³/mol. The quantitative estimate of drug-likeness (QED) is 0.709. The first-order chi connectivity index (χ1) is 10.0. The normalized spacial score (nSPS) is 11.0. The third kappa shape index (κ3) is 2.67. The van der Waals surface area contributed by atoms with Crippen molar-refractivity contribution >= 4 is 28.3 Å². The van der Waals surface area contributed by atoms with E-state index in [0.29, 0.717) is 16.0 Å². The molecule has 0 aliphatic rings. The van der Waals surface area contributed by atoms with Crippen LogP contribution in [0.2, 0.25) is 5.02 Å². The van der Waals surface area contributed by atoms with E-state index in [2.05, 4.69) is 4.98 Å². The highest BCUT2D eigenvalue weighted by Crippen LogP contribution is 2.24. The zero-order valence-corrected chi connectivity index (χ0v) is 11.5. The molecule has 106 valence electrons. The summed E-state index contributed by atoms with van der Waals surface area (Å²) in [4.78, 5) is 15.3. The number of carbonyl (C=O) groups excluding carboxylic acids is 1. The smallest absolute Gasteiger partial charge is 0.169 e. The summed E-state index contributed by atoms with van der Waals surface area (Å²) < 4.78 is 26.5. The second-order valence-corrected chi connectivity index (χ2v) is 5.16. The zero-order chi connectivity index (χ0) is 15.0. The Hall–Kier alpha value is -2.20. The number of Topliss-reactive ketones (excluding diaryl/α,β-unsaturated/α-hetero) is 1. The molecule has 1 heterocycles. The summed E-state index contributed by atoms with van der Waals surface area (Å²) in [6.07, 6.45) is 1.44. The highest BCUT2D eigenvalue weighted by Gasteiger charge is 2.15. The Balaban J connectivity index is 1.95. The molecule has 0 atom stereocenters. The number of carbonyl (C=O) groups is 1. The molecule has 3 rings (SSSR count). The average molecular weight is 306 g/mol. The number of rotatable bonds is 3. The van der Waals surface area contributed by atoms with Gasteiger partial charge < -0.3 is 4.98 Å². The molecule has 0 bridgehead atoms. The van der Waals surface area contributed by atoms with Crippen LogP contribution in [-0.4, -0.2) is 10.8 Å². The minimum absolute atomic E-state index is 0.133. The van der Waals surface area contributed by atoms with Crippen molar-refractivity contribution in [1.82, 2.24) is 4.98 Å². The lowest BCUT2D eigenvalue weighted by atomic mass is 10.0. The Labute approximate surface area is 124 Å². The van der Waals surface area contributed by atoms with Gasteiger partial charge in [-0.1, -0.05) is 17.7 Å². The highest BCUT2D eigenvalue weighted by molar-refractivity contribution is 6.31. The number of nitrogens with one attached hydrogen (secondary N) is 1. The second kappa shape index (κ2) is 5.30. The molecule has 0 aliphatic carbocycles. The molecule has 0 saturated carbocycles. The van der Waals surface area contributed by atoms with Gasteiger partial charge in [0.05, 0.1) is 0 Å². The minimum atomic E-state index is -0.721. The summed E-state index contributed by atoms with van der Waals surface area (Å²) in [5.41, 5.74) is 1.39. The number of aromatic nitrogens is 1. The SMILES string of the molecule is O=C(Cc1ccc(F)cc1F)c1c[nH]c2ccc(Cl)cc12. The Morgan fingerprint density at radius 1 is 1.14 bits per heavy atom. The van der Waals surface area contributed by atoms with Crippen LogP contribution in [0.25, 0.3) is 10.9 Å². The van der Waals surface area contributed by atoms with E-state index in [1.807, 2.05) is 0 Å². The van der Waals surface area contributed by atoms with Gasteiger partial charge in [0.15, 0.2) is 5.78 Å². The maximum Gasteiger partial charge on any atom is 0.169 e. The van der Waals surface area contributed by atoms with Gasteiger partial charge in [-0.3, -0.25) is 4.79 Å². The van der Waals surface area contributed by atoms with Crippen LogP contribution in [0.5, 0.6) is 0 Å². The molecule has 1 N–H and O–H groups in total. The summed E-state index contributed by atoms with van der Waals surface area (Å²) in [6, 6.07) is 8.36. The van der Waals surface area contributed by atoms with E-state index in [-0.39, 0.29) is 17.8 Å². The molecular weight excluding hydrogens is 296 g/mol. The van der Waals surface area contributed by atoms with Gasteiger partial charge in [-0.05, 0) is 29.8 Å². The van der Waals surface area contributed by atoms with Crippen LogP contribution >= 0.6 is 11.6 Å². The molecule has 2 aromatic carbocycles. The molecule has 0 spiro atoms. The Morgan fingerprint density at radius 3 is 2.71 bits per heavy atom. The molecule has 0 amide bonds. The third-order valence-corrected chi connectivity index (χ3v) is 3.55. The van der Waals surface area contributed by atoms with Crippen LogP contribution in [0, 0.1) is 11.6 Å². The fraction of sp³-hybridized carbons (Fsp3) is 0.0625. The first-order valence-corrected chi connectivity index (χ1v) is 6.66. The monoisotopic (exact) mass is 305 g/mol. The van der Waals surface area contributed by atoms with Crippen LogP contribution in [0.1, 0.15) is 15.9 Å². The van der Waals surface area contributed by atoms with E-state index in [1.54, 1.807) is 24.4 Å². The minimum Gasteiger partial charge on any atom is -0.360 e. The molecule has 21 heavy (non-hydrogen) atoms. The van der Waals surface area contributed by atoms with E-state index in [9.17, 15) is 13.6 Å². The van der Waals surface area contributed by atoms with Crippen molar-refractivity contribution in [3.8, 4) is 0 Å².